The molecule has 0 unspecified atom stereocenters. The van der Waals surface area contributed by atoms with Crippen molar-refractivity contribution in [2.45, 2.75) is 32.6 Å². The van der Waals surface area contributed by atoms with E-state index in [1.807, 2.05) is 12.1 Å². The molecule has 16 heavy (non-hydrogen) atoms. The van der Waals surface area contributed by atoms with Gasteiger partial charge in [-0.3, -0.25) is 15.6 Å². The maximum Gasteiger partial charge on any atom is 0.238 e. The highest BCUT2D eigenvalue weighted by atomic mass is 35.5. The molecule has 2 N–H and O–H groups in total. The molecule has 1 aromatic rings. The fourth-order valence-electron chi connectivity index (χ4n) is 1.27. The van der Waals surface area contributed by atoms with E-state index in [9.17, 15) is 4.79 Å². The lowest BCUT2D eigenvalue weighted by Crippen LogP contribution is -2.28. The largest absolute Gasteiger partial charge is 0.299 e. The summed E-state index contributed by atoms with van der Waals surface area (Å²) in [6, 6.07) is 7.17. The molecule has 3 nitrogen and oxygen atoms in total. The Bertz CT molecular complexity index is 324. The van der Waals surface area contributed by atoms with Gasteiger partial charge < -0.3 is 0 Å². The Kier molecular flexibility index (Phi) is 5.72. The molecule has 0 spiro atoms. The standard InChI is InChI=1S/C12H17ClN2O/c1-2-3-4-5-12(16)15-14-11-8-6-10(13)7-9-11/h6-9,14H,2-5H2,1H3,(H,15,16). The summed E-state index contributed by atoms with van der Waals surface area (Å²) >= 11 is 5.74. The minimum atomic E-state index is 0.0170. The summed E-state index contributed by atoms with van der Waals surface area (Å²) in [5, 5.41) is 0.680. The molecule has 0 aliphatic rings. The van der Waals surface area contributed by atoms with Gasteiger partial charge in [-0.15, -0.1) is 0 Å². The third-order valence-corrected chi connectivity index (χ3v) is 2.45. The first-order valence-electron chi connectivity index (χ1n) is 5.53. The van der Waals surface area contributed by atoms with Crippen LogP contribution in [-0.2, 0) is 4.79 Å². The van der Waals surface area contributed by atoms with Gasteiger partial charge in [0, 0.05) is 11.4 Å². The highest BCUT2D eigenvalue weighted by Crippen LogP contribution is 2.12. The van der Waals surface area contributed by atoms with E-state index >= 15 is 0 Å². The highest BCUT2D eigenvalue weighted by molar-refractivity contribution is 6.30. The molecular weight excluding hydrogens is 224 g/mol. The van der Waals surface area contributed by atoms with E-state index in [0.717, 1.165) is 24.9 Å². The molecule has 0 saturated carbocycles. The van der Waals surface area contributed by atoms with Crippen LogP contribution < -0.4 is 10.9 Å². The maximum atomic E-state index is 11.4. The molecule has 1 amide bonds. The van der Waals surface area contributed by atoms with Crippen LogP contribution in [0.1, 0.15) is 32.6 Å². The smallest absolute Gasteiger partial charge is 0.238 e. The molecule has 0 aliphatic carbocycles. The number of amides is 1. The molecule has 88 valence electrons. The van der Waals surface area contributed by atoms with Gasteiger partial charge in [0.05, 0.1) is 5.69 Å². The Hall–Kier alpha value is -1.22. The van der Waals surface area contributed by atoms with E-state index in [0.29, 0.717) is 11.4 Å². The van der Waals surface area contributed by atoms with E-state index in [4.69, 9.17) is 11.6 Å². The molecule has 0 atom stereocenters. The number of carbonyl (C=O) groups excluding carboxylic acids is 1. The lowest BCUT2D eigenvalue weighted by atomic mass is 10.2. The van der Waals surface area contributed by atoms with Crippen LogP contribution in [0.25, 0.3) is 0 Å². The van der Waals surface area contributed by atoms with Gasteiger partial charge in [-0.25, -0.2) is 0 Å². The fourth-order valence-corrected chi connectivity index (χ4v) is 1.40. The molecule has 0 heterocycles. The Morgan fingerprint density at radius 2 is 1.94 bits per heavy atom. The molecule has 0 fully saturated rings. The first-order chi connectivity index (χ1) is 7.72. The van der Waals surface area contributed by atoms with E-state index < -0.39 is 0 Å². The van der Waals surface area contributed by atoms with Crippen LogP contribution in [0.2, 0.25) is 5.02 Å². The number of unbranched alkanes of at least 4 members (excludes halogenated alkanes) is 2. The van der Waals surface area contributed by atoms with Crippen LogP contribution in [0, 0.1) is 0 Å². The van der Waals surface area contributed by atoms with Crippen LogP contribution in [0.5, 0.6) is 0 Å². The fraction of sp³-hybridized carbons (Fsp3) is 0.417. The quantitative estimate of drug-likeness (QED) is 0.591. The topological polar surface area (TPSA) is 41.1 Å². The first-order valence-corrected chi connectivity index (χ1v) is 5.90. The van der Waals surface area contributed by atoms with Crippen molar-refractivity contribution in [3.05, 3.63) is 29.3 Å². The van der Waals surface area contributed by atoms with Crippen molar-refractivity contribution in [2.75, 3.05) is 5.43 Å². The second-order valence-corrected chi connectivity index (χ2v) is 4.07. The van der Waals surface area contributed by atoms with Gasteiger partial charge in [0.2, 0.25) is 5.91 Å². The van der Waals surface area contributed by atoms with Gasteiger partial charge >= 0.3 is 0 Å². The number of hydrazine groups is 1. The number of hydrogen-bond donors (Lipinski definition) is 2. The molecule has 0 aliphatic heterocycles. The van der Waals surface area contributed by atoms with E-state index in [2.05, 4.69) is 17.8 Å². The van der Waals surface area contributed by atoms with E-state index in [1.54, 1.807) is 12.1 Å². The lowest BCUT2D eigenvalue weighted by molar-refractivity contribution is -0.120. The molecule has 1 aromatic carbocycles. The average Bonchev–Trinajstić information content (AvgIpc) is 2.29. The van der Waals surface area contributed by atoms with Crippen molar-refractivity contribution in [3.8, 4) is 0 Å². The Morgan fingerprint density at radius 3 is 2.56 bits per heavy atom. The molecule has 0 saturated heterocycles. The number of nitrogens with one attached hydrogen (secondary N) is 2. The number of halogens is 1. The second-order valence-electron chi connectivity index (χ2n) is 3.64. The number of carbonyl (C=O) groups is 1. The predicted molar refractivity (Wildman–Crippen MR) is 67.4 cm³/mol. The Labute approximate surface area is 101 Å². The lowest BCUT2D eigenvalue weighted by Gasteiger charge is -2.08. The van der Waals surface area contributed by atoms with Crippen molar-refractivity contribution >= 4 is 23.2 Å². The Morgan fingerprint density at radius 1 is 1.25 bits per heavy atom. The van der Waals surface area contributed by atoms with E-state index in [-0.39, 0.29) is 5.91 Å². The summed E-state index contributed by atoms with van der Waals surface area (Å²) in [6.07, 6.45) is 3.71. The van der Waals surface area contributed by atoms with Gasteiger partial charge in [0.1, 0.15) is 0 Å². The zero-order chi connectivity index (χ0) is 11.8. The van der Waals surface area contributed by atoms with Gasteiger partial charge in [0.25, 0.3) is 0 Å². The molecule has 0 radical (unpaired) electrons. The summed E-state index contributed by atoms with van der Waals surface area (Å²) in [7, 11) is 0. The number of anilines is 1. The second kappa shape index (κ2) is 7.12. The summed E-state index contributed by atoms with van der Waals surface area (Å²) < 4.78 is 0. The van der Waals surface area contributed by atoms with Crippen LogP contribution in [0.4, 0.5) is 5.69 Å². The Balaban J connectivity index is 2.23. The molecule has 0 aromatic heterocycles. The highest BCUT2D eigenvalue weighted by Gasteiger charge is 1.99. The van der Waals surface area contributed by atoms with Crippen LogP contribution in [-0.4, -0.2) is 5.91 Å². The van der Waals surface area contributed by atoms with Crippen molar-refractivity contribution in [1.82, 2.24) is 5.43 Å². The predicted octanol–water partition coefficient (Wildman–Crippen LogP) is 3.36. The van der Waals surface area contributed by atoms with Crippen LogP contribution in [0.15, 0.2) is 24.3 Å². The van der Waals surface area contributed by atoms with E-state index in [1.165, 1.54) is 0 Å². The summed E-state index contributed by atoms with van der Waals surface area (Å²) in [4.78, 5) is 11.4. The zero-order valence-corrected chi connectivity index (χ0v) is 10.2. The van der Waals surface area contributed by atoms with Crippen molar-refractivity contribution in [2.24, 2.45) is 0 Å². The summed E-state index contributed by atoms with van der Waals surface area (Å²) in [6.45, 7) is 2.11. The maximum absolute atomic E-state index is 11.4. The molecule has 0 bridgehead atoms. The summed E-state index contributed by atoms with van der Waals surface area (Å²) in [5.41, 5.74) is 6.31. The monoisotopic (exact) mass is 240 g/mol. The molecule has 1 rings (SSSR count). The number of hydrogen-bond acceptors (Lipinski definition) is 2. The van der Waals surface area contributed by atoms with Crippen LogP contribution in [0.3, 0.4) is 0 Å². The van der Waals surface area contributed by atoms with Gasteiger partial charge in [0.15, 0.2) is 0 Å². The van der Waals surface area contributed by atoms with Crippen molar-refractivity contribution in [3.63, 3.8) is 0 Å². The van der Waals surface area contributed by atoms with Gasteiger partial charge in [-0.1, -0.05) is 31.4 Å². The van der Waals surface area contributed by atoms with Crippen LogP contribution >= 0.6 is 11.6 Å². The normalized spacial score (nSPS) is 9.88. The minimum absolute atomic E-state index is 0.0170. The van der Waals surface area contributed by atoms with Gasteiger partial charge in [-0.2, -0.15) is 0 Å². The molecule has 4 heteroatoms. The summed E-state index contributed by atoms with van der Waals surface area (Å²) in [5.74, 6) is 0.0170. The molecular formula is C12H17ClN2O. The minimum Gasteiger partial charge on any atom is -0.299 e. The zero-order valence-electron chi connectivity index (χ0n) is 9.42. The van der Waals surface area contributed by atoms with Crippen molar-refractivity contribution < 1.29 is 4.79 Å². The van der Waals surface area contributed by atoms with Crippen molar-refractivity contribution in [1.29, 1.82) is 0 Å². The average molecular weight is 241 g/mol. The number of rotatable bonds is 6. The SMILES string of the molecule is CCCCCC(=O)NNc1ccc(Cl)cc1. The number of benzene rings is 1. The first kappa shape index (κ1) is 12.8. The van der Waals surface area contributed by atoms with Gasteiger partial charge in [-0.05, 0) is 30.7 Å². The third-order valence-electron chi connectivity index (χ3n) is 2.20. The third kappa shape index (κ3) is 5.03.